The Morgan fingerprint density at radius 1 is 1.11 bits per heavy atom. The molecule has 0 aliphatic carbocycles. The number of alkyl halides is 1. The van der Waals surface area contributed by atoms with Gasteiger partial charge in [-0.3, -0.25) is 4.79 Å². The van der Waals surface area contributed by atoms with Crippen molar-refractivity contribution in [3.8, 4) is 11.8 Å². The molecule has 1 N–H and O–H groups in total. The second-order valence-corrected chi connectivity index (χ2v) is 15.4. The van der Waals surface area contributed by atoms with Gasteiger partial charge >= 0.3 is 0 Å². The van der Waals surface area contributed by atoms with Crippen molar-refractivity contribution in [1.29, 1.82) is 0 Å². The molecule has 3 aliphatic heterocycles. The van der Waals surface area contributed by atoms with Gasteiger partial charge in [0.05, 0.1) is 18.4 Å². The molecule has 3 fully saturated rings. The van der Waals surface area contributed by atoms with Gasteiger partial charge in [-0.05, 0) is 59.9 Å². The number of halogens is 1. The van der Waals surface area contributed by atoms with Crippen LogP contribution in [0.5, 0.6) is 0 Å². The number of likely N-dealkylation sites (tertiary alicyclic amines) is 1. The van der Waals surface area contributed by atoms with E-state index in [9.17, 15) is 17.6 Å². The van der Waals surface area contributed by atoms with E-state index < -0.39 is 22.1 Å². The minimum absolute atomic E-state index is 0.0755. The molecule has 3 aliphatic rings. The number of fused-ring (bicyclic) bond motifs is 1. The zero-order valence-electron chi connectivity index (χ0n) is 27.5. The largest absolute Gasteiger partial charge is 0.378 e. The smallest absolute Gasteiger partial charge is 0.298 e. The highest BCUT2D eigenvalue weighted by Gasteiger charge is 2.36. The monoisotopic (exact) mass is 663 g/mol. The fraction of sp³-hybridized carbons (Fsp3) is 0.529. The van der Waals surface area contributed by atoms with Gasteiger partial charge in [0.1, 0.15) is 27.6 Å². The number of anilines is 4. The average molecular weight is 664 g/mol. The second kappa shape index (κ2) is 13.2. The average Bonchev–Trinajstić information content (AvgIpc) is 2.97. The van der Waals surface area contributed by atoms with Crippen LogP contribution in [-0.2, 0) is 19.4 Å². The first-order chi connectivity index (χ1) is 22.4. The lowest BCUT2D eigenvalue weighted by atomic mass is 9.81. The molecule has 1 aromatic carbocycles. The quantitative estimate of drug-likeness (QED) is 0.338. The summed E-state index contributed by atoms with van der Waals surface area (Å²) in [6, 6.07) is 6.03. The zero-order valence-corrected chi connectivity index (χ0v) is 28.3. The molecular formula is C34H42FN7O4S. The number of carbonyl (C=O) groups is 1. The highest BCUT2D eigenvalue weighted by molar-refractivity contribution is 7.90. The summed E-state index contributed by atoms with van der Waals surface area (Å²) in [7, 11) is -1.54. The summed E-state index contributed by atoms with van der Waals surface area (Å²) in [6.45, 7) is 9.24. The summed E-state index contributed by atoms with van der Waals surface area (Å²) < 4.78 is 43.8. The van der Waals surface area contributed by atoms with Crippen molar-refractivity contribution in [2.75, 3.05) is 73.5 Å². The van der Waals surface area contributed by atoms with Crippen LogP contribution >= 0.6 is 0 Å². The van der Waals surface area contributed by atoms with Crippen molar-refractivity contribution in [1.82, 2.24) is 19.9 Å². The number of hydrogen-bond acceptors (Lipinski definition) is 10. The molecule has 6 rings (SSSR count). The molecule has 0 spiro atoms. The van der Waals surface area contributed by atoms with Crippen molar-refractivity contribution in [2.24, 2.45) is 5.92 Å². The van der Waals surface area contributed by atoms with E-state index >= 15 is 0 Å². The van der Waals surface area contributed by atoms with Gasteiger partial charge in [0.15, 0.2) is 0 Å². The highest BCUT2D eigenvalue weighted by atomic mass is 32.2. The Hall–Kier alpha value is -4.02. The van der Waals surface area contributed by atoms with Crippen molar-refractivity contribution in [2.45, 2.75) is 51.3 Å². The zero-order chi connectivity index (χ0) is 33.5. The van der Waals surface area contributed by atoms with E-state index in [0.29, 0.717) is 56.7 Å². The molecule has 5 heterocycles. The van der Waals surface area contributed by atoms with E-state index in [0.717, 1.165) is 16.5 Å². The van der Waals surface area contributed by atoms with Gasteiger partial charge in [0, 0.05) is 81.4 Å². The van der Waals surface area contributed by atoms with Gasteiger partial charge in [-0.25, -0.2) is 22.8 Å². The van der Waals surface area contributed by atoms with E-state index in [4.69, 9.17) is 9.72 Å². The first-order valence-electron chi connectivity index (χ1n) is 16.1. The molecule has 2 atom stereocenters. The Morgan fingerprint density at radius 3 is 2.53 bits per heavy atom. The second-order valence-electron chi connectivity index (χ2n) is 13.2. The molecule has 0 radical (unpaired) electrons. The molecule has 0 saturated carbocycles. The Balaban J connectivity index is 1.33. The Labute approximate surface area is 275 Å². The molecule has 2 aromatic heterocycles. The minimum atomic E-state index is -3.07. The lowest BCUT2D eigenvalue weighted by Gasteiger charge is -2.44. The van der Waals surface area contributed by atoms with Crippen LogP contribution < -0.4 is 15.1 Å². The van der Waals surface area contributed by atoms with E-state index in [2.05, 4.69) is 51.9 Å². The summed E-state index contributed by atoms with van der Waals surface area (Å²) in [5.74, 6) is 7.36. The van der Waals surface area contributed by atoms with Gasteiger partial charge in [-0.1, -0.05) is 19.8 Å². The number of ether oxygens (including phenoxy) is 1. The van der Waals surface area contributed by atoms with E-state index in [1.54, 1.807) is 24.1 Å². The summed E-state index contributed by atoms with van der Waals surface area (Å²) >= 11 is 0. The topological polar surface area (TPSA) is 121 Å². The molecule has 250 valence electrons. The van der Waals surface area contributed by atoms with Crippen LogP contribution in [0.1, 0.15) is 50.2 Å². The number of hydrogen-bond donors (Lipinski definition) is 1. The number of carbonyl (C=O) groups excluding carboxylic acids is 1. The Bertz CT molecular complexity index is 1830. The van der Waals surface area contributed by atoms with Crippen LogP contribution in [-0.4, -0.2) is 105 Å². The molecule has 3 aromatic rings. The van der Waals surface area contributed by atoms with E-state index in [1.165, 1.54) is 24.5 Å². The van der Waals surface area contributed by atoms with Gasteiger partial charge in [-0.15, -0.1) is 0 Å². The van der Waals surface area contributed by atoms with Crippen LogP contribution in [0.3, 0.4) is 0 Å². The number of nitrogens with zero attached hydrogens (tertiary/aromatic N) is 6. The van der Waals surface area contributed by atoms with E-state index in [-0.39, 0.29) is 36.0 Å². The van der Waals surface area contributed by atoms with Crippen molar-refractivity contribution in [3.63, 3.8) is 0 Å². The van der Waals surface area contributed by atoms with Gasteiger partial charge in [0.2, 0.25) is 5.95 Å². The predicted octanol–water partition coefficient (Wildman–Crippen LogP) is 3.88. The summed E-state index contributed by atoms with van der Waals surface area (Å²) in [5, 5.41) is 5.38. The molecule has 1 amide bonds. The van der Waals surface area contributed by atoms with Crippen LogP contribution in [0.15, 0.2) is 30.6 Å². The summed E-state index contributed by atoms with van der Waals surface area (Å²) in [5.41, 5.74) is 3.40. The van der Waals surface area contributed by atoms with Crippen molar-refractivity contribution in [3.05, 3.63) is 41.7 Å². The molecule has 0 unspecified atom stereocenters. The van der Waals surface area contributed by atoms with E-state index in [1.807, 2.05) is 17.2 Å². The van der Waals surface area contributed by atoms with Gasteiger partial charge < -0.3 is 24.8 Å². The number of nitrogens with one attached hydrogen (secondary N) is 1. The molecule has 11 nitrogen and oxygen atoms in total. The molecule has 47 heavy (non-hydrogen) atoms. The number of benzene rings is 1. The van der Waals surface area contributed by atoms with Crippen LogP contribution in [0.2, 0.25) is 0 Å². The lowest BCUT2D eigenvalue weighted by molar-refractivity contribution is -0.129. The SMILES string of the molecule is CC#CC(=O)N1CC(c2cc(N3CC(CS(C)(=O)=O)C3)c3cnc(Nc4ccnc(N5CC[C@@H](OC)[C@@H](F)C5)n4)cc3c2C(C)C)C1. The highest BCUT2D eigenvalue weighted by Crippen LogP contribution is 2.43. The lowest BCUT2D eigenvalue weighted by Crippen LogP contribution is -2.50. The third-order valence-electron chi connectivity index (χ3n) is 9.29. The maximum Gasteiger partial charge on any atom is 0.298 e. The summed E-state index contributed by atoms with van der Waals surface area (Å²) in [4.78, 5) is 32.1. The Morgan fingerprint density at radius 2 is 1.87 bits per heavy atom. The number of aromatic nitrogens is 3. The van der Waals surface area contributed by atoms with Crippen LogP contribution in [0.4, 0.5) is 27.7 Å². The van der Waals surface area contributed by atoms with Crippen molar-refractivity contribution >= 4 is 49.8 Å². The van der Waals surface area contributed by atoms with Gasteiger partial charge in [-0.2, -0.15) is 4.98 Å². The first-order valence-corrected chi connectivity index (χ1v) is 18.1. The Kier molecular flexibility index (Phi) is 9.27. The number of sulfone groups is 1. The summed E-state index contributed by atoms with van der Waals surface area (Å²) in [6.07, 6.45) is 3.81. The number of methoxy groups -OCH3 is 1. The maximum atomic E-state index is 14.6. The third-order valence-corrected chi connectivity index (χ3v) is 10.4. The van der Waals surface area contributed by atoms with Gasteiger partial charge in [0.25, 0.3) is 5.91 Å². The number of piperidine rings is 1. The fourth-order valence-electron chi connectivity index (χ4n) is 7.01. The molecular weight excluding hydrogens is 621 g/mol. The molecule has 13 heteroatoms. The maximum absolute atomic E-state index is 14.6. The molecule has 0 bridgehead atoms. The third kappa shape index (κ3) is 6.99. The number of rotatable bonds is 9. The first kappa shape index (κ1) is 32.9. The fourth-order valence-corrected chi connectivity index (χ4v) is 8.08. The molecule has 3 saturated heterocycles. The minimum Gasteiger partial charge on any atom is -0.378 e. The van der Waals surface area contributed by atoms with Crippen LogP contribution in [0.25, 0.3) is 10.8 Å². The van der Waals surface area contributed by atoms with Crippen LogP contribution in [0, 0.1) is 17.8 Å². The number of amides is 1. The standard InChI is InChI=1S/C34H42FN7O4S/c1-6-7-32(43)42-17-23(18-42)24-12-28(41-15-22(16-41)20-47(5,44)45)26-14-37-31(13-25(26)33(24)21(2)3)38-30-8-10-36-34(39-30)40-11-9-29(46-4)27(35)19-40/h8,10,12-14,21-23,27,29H,9,11,15-20H2,1-5H3,(H,36,37,38,39)/t27-,29+/m0/s1. The predicted molar refractivity (Wildman–Crippen MR) is 182 cm³/mol. The normalized spacial score (nSPS) is 20.5. The number of pyridine rings is 1. The van der Waals surface area contributed by atoms with Crippen molar-refractivity contribution < 1.29 is 22.3 Å².